The predicted molar refractivity (Wildman–Crippen MR) is 134 cm³/mol. The molecule has 1 aromatic rings. The zero-order chi connectivity index (χ0) is 28.7. The van der Waals surface area contributed by atoms with E-state index in [1.165, 1.54) is 18.2 Å². The number of aliphatic hydroxyl groups is 1. The Labute approximate surface area is 221 Å². The van der Waals surface area contributed by atoms with E-state index in [4.69, 9.17) is 9.47 Å². The largest absolute Gasteiger partial charge is 0.484 e. The molecule has 3 amide bonds. The van der Waals surface area contributed by atoms with Crippen LogP contribution in [0.25, 0.3) is 0 Å². The van der Waals surface area contributed by atoms with Gasteiger partial charge in [-0.05, 0) is 51.2 Å². The summed E-state index contributed by atoms with van der Waals surface area (Å²) in [6.45, 7) is 6.90. The molecule has 1 aromatic carbocycles. The van der Waals surface area contributed by atoms with E-state index in [-0.39, 0.29) is 37.0 Å². The number of carbonyl (C=O) groups excluding carboxylic acids is 3. The van der Waals surface area contributed by atoms with Gasteiger partial charge in [0, 0.05) is 18.5 Å². The molecule has 1 fully saturated rings. The Balaban J connectivity index is 2.06. The molecule has 0 saturated carbocycles. The average molecular weight is 562 g/mol. The van der Waals surface area contributed by atoms with Crippen LogP contribution in [0.4, 0.5) is 9.18 Å². The maximum absolute atomic E-state index is 13.4. The summed E-state index contributed by atoms with van der Waals surface area (Å²) in [5.41, 5.74) is -3.43. The van der Waals surface area contributed by atoms with Crippen molar-refractivity contribution in [2.45, 2.75) is 70.1 Å². The van der Waals surface area contributed by atoms with Crippen LogP contribution in [0.1, 0.15) is 47.0 Å². The van der Waals surface area contributed by atoms with Gasteiger partial charge in [-0.1, -0.05) is 19.9 Å². The molecule has 5 N–H and O–H groups in total. The maximum Gasteiger partial charge on any atom is 0.407 e. The van der Waals surface area contributed by atoms with E-state index >= 15 is 0 Å². The summed E-state index contributed by atoms with van der Waals surface area (Å²) < 4.78 is 56.8. The third-order valence-corrected chi connectivity index (χ3v) is 6.67. The van der Waals surface area contributed by atoms with Crippen LogP contribution in [0.3, 0.4) is 0 Å². The second kappa shape index (κ2) is 13.2. The van der Waals surface area contributed by atoms with Crippen molar-refractivity contribution in [1.29, 1.82) is 0 Å². The van der Waals surface area contributed by atoms with Crippen LogP contribution in [0, 0.1) is 17.7 Å². The van der Waals surface area contributed by atoms with Crippen molar-refractivity contribution in [2.24, 2.45) is 11.8 Å². The monoisotopic (exact) mass is 561 g/mol. The molecule has 0 aromatic heterocycles. The van der Waals surface area contributed by atoms with Crippen LogP contribution < -0.4 is 20.7 Å². The first kappa shape index (κ1) is 31.2. The van der Waals surface area contributed by atoms with E-state index in [1.54, 1.807) is 33.8 Å². The highest BCUT2D eigenvalue weighted by Crippen LogP contribution is 2.21. The minimum atomic E-state index is -4.97. The molecule has 0 unspecified atom stereocenters. The molecule has 4 atom stereocenters. The van der Waals surface area contributed by atoms with Gasteiger partial charge in [0.2, 0.25) is 17.3 Å². The summed E-state index contributed by atoms with van der Waals surface area (Å²) in [6.07, 6.45) is -0.730. The Hall–Kier alpha value is -2.97. The van der Waals surface area contributed by atoms with Crippen molar-refractivity contribution in [2.75, 3.05) is 13.2 Å². The highest BCUT2D eigenvalue weighted by molar-refractivity contribution is 7.86. The number of nitrogens with one attached hydrogen (secondary N) is 3. The van der Waals surface area contributed by atoms with Crippen LogP contribution in [0.15, 0.2) is 24.3 Å². The Bertz CT molecular complexity index is 1100. The van der Waals surface area contributed by atoms with Crippen molar-refractivity contribution in [3.05, 3.63) is 30.1 Å². The molecule has 1 saturated heterocycles. The third-order valence-electron chi connectivity index (χ3n) is 5.74. The molecular formula is C24H36FN3O9S. The molecule has 1 aliphatic rings. The third kappa shape index (κ3) is 10.1. The molecule has 1 heterocycles. The fourth-order valence-electron chi connectivity index (χ4n) is 3.92. The first-order valence-electron chi connectivity index (χ1n) is 12.2. The number of benzene rings is 1. The SMILES string of the molecule is CC(C)C[C@H](NC(=O)OCC(C)(C)Oc1cccc(F)c1)C(=O)N[C@@H](C[C@@H]1CCNC1=O)[C@H](O)S(=O)(=O)O. The molecular weight excluding hydrogens is 525 g/mol. The first-order chi connectivity index (χ1) is 17.6. The molecule has 0 spiro atoms. The summed E-state index contributed by atoms with van der Waals surface area (Å²) in [5, 5.41) is 17.5. The van der Waals surface area contributed by atoms with Crippen LogP contribution in [-0.4, -0.2) is 72.3 Å². The van der Waals surface area contributed by atoms with Gasteiger partial charge in [-0.25, -0.2) is 9.18 Å². The maximum atomic E-state index is 13.4. The van der Waals surface area contributed by atoms with Gasteiger partial charge >= 0.3 is 6.09 Å². The lowest BCUT2D eigenvalue weighted by Gasteiger charge is -2.28. The van der Waals surface area contributed by atoms with Crippen molar-refractivity contribution < 1.29 is 46.3 Å². The molecule has 38 heavy (non-hydrogen) atoms. The number of rotatable bonds is 13. The van der Waals surface area contributed by atoms with E-state index in [9.17, 15) is 36.9 Å². The van der Waals surface area contributed by atoms with Gasteiger partial charge in [-0.3, -0.25) is 14.1 Å². The lowest BCUT2D eigenvalue weighted by atomic mass is 9.97. The summed E-state index contributed by atoms with van der Waals surface area (Å²) >= 11 is 0. The van der Waals surface area contributed by atoms with E-state index in [2.05, 4.69) is 16.0 Å². The Kier molecular flexibility index (Phi) is 10.9. The normalized spacial score (nSPS) is 18.3. The van der Waals surface area contributed by atoms with Crippen molar-refractivity contribution >= 4 is 28.0 Å². The number of amides is 3. The summed E-state index contributed by atoms with van der Waals surface area (Å²) in [7, 11) is -4.97. The van der Waals surface area contributed by atoms with Crippen molar-refractivity contribution in [3.63, 3.8) is 0 Å². The van der Waals surface area contributed by atoms with Gasteiger partial charge in [-0.2, -0.15) is 8.42 Å². The smallest absolute Gasteiger partial charge is 0.407 e. The van der Waals surface area contributed by atoms with Crippen LogP contribution in [0.2, 0.25) is 0 Å². The lowest BCUT2D eigenvalue weighted by molar-refractivity contribution is -0.126. The highest BCUT2D eigenvalue weighted by Gasteiger charge is 2.38. The number of halogens is 1. The van der Waals surface area contributed by atoms with Gasteiger partial charge in [0.1, 0.15) is 29.8 Å². The fraction of sp³-hybridized carbons (Fsp3) is 0.625. The second-order valence-corrected chi connectivity index (χ2v) is 11.8. The quantitative estimate of drug-likeness (QED) is 0.222. The zero-order valence-corrected chi connectivity index (χ0v) is 22.6. The predicted octanol–water partition coefficient (Wildman–Crippen LogP) is 1.34. The summed E-state index contributed by atoms with van der Waals surface area (Å²) in [5.74, 6) is -2.24. The minimum absolute atomic E-state index is 0.0932. The van der Waals surface area contributed by atoms with Gasteiger partial charge < -0.3 is 30.5 Å². The standard InChI is InChI=1S/C24H36FN3O9S/c1-14(2)10-18(28-23(32)36-13-24(3,4)37-17-7-5-6-16(25)12-17)21(30)27-19(22(31)38(33,34)35)11-15-8-9-26-20(15)29/h5-7,12,14-15,18-19,22,31H,8-11,13H2,1-4H3,(H,26,29)(H,27,30)(H,28,32)(H,33,34,35)/t15-,18-,19-,22+/m0/s1. The number of ether oxygens (including phenoxy) is 2. The number of aliphatic hydroxyl groups excluding tert-OH is 1. The Morgan fingerprint density at radius 3 is 2.50 bits per heavy atom. The van der Waals surface area contributed by atoms with E-state index in [0.717, 1.165) is 0 Å². The number of alkyl carbamates (subject to hydrolysis) is 1. The van der Waals surface area contributed by atoms with Gasteiger partial charge in [-0.15, -0.1) is 0 Å². The number of carbonyl (C=O) groups is 3. The molecule has 214 valence electrons. The second-order valence-electron chi connectivity index (χ2n) is 10.3. The zero-order valence-electron chi connectivity index (χ0n) is 21.8. The molecule has 0 radical (unpaired) electrons. The van der Waals surface area contributed by atoms with Gasteiger partial charge in [0.15, 0.2) is 0 Å². The van der Waals surface area contributed by atoms with E-state index in [1.807, 2.05) is 0 Å². The molecule has 0 aliphatic carbocycles. The van der Waals surface area contributed by atoms with Crippen LogP contribution in [-0.2, 0) is 24.4 Å². The number of hydrogen-bond acceptors (Lipinski definition) is 8. The average Bonchev–Trinajstić information content (AvgIpc) is 3.19. The van der Waals surface area contributed by atoms with Crippen molar-refractivity contribution in [3.8, 4) is 5.75 Å². The van der Waals surface area contributed by atoms with Crippen LogP contribution >= 0.6 is 0 Å². The molecule has 12 nitrogen and oxygen atoms in total. The molecule has 2 rings (SSSR count). The number of hydrogen-bond donors (Lipinski definition) is 5. The Morgan fingerprint density at radius 1 is 1.26 bits per heavy atom. The summed E-state index contributed by atoms with van der Waals surface area (Å²) in [4.78, 5) is 37.5. The van der Waals surface area contributed by atoms with Gasteiger partial charge in [0.05, 0.1) is 6.04 Å². The fourth-order valence-corrected chi connectivity index (χ4v) is 4.51. The first-order valence-corrected chi connectivity index (χ1v) is 13.7. The van der Waals surface area contributed by atoms with Gasteiger partial charge in [0.25, 0.3) is 10.1 Å². The Morgan fingerprint density at radius 2 is 1.95 bits per heavy atom. The topological polar surface area (TPSA) is 180 Å². The molecule has 0 bridgehead atoms. The lowest BCUT2D eigenvalue weighted by Crippen LogP contribution is -2.55. The summed E-state index contributed by atoms with van der Waals surface area (Å²) in [6, 6.07) is 2.74. The molecule has 1 aliphatic heterocycles. The van der Waals surface area contributed by atoms with E-state index < -0.39 is 57.0 Å². The van der Waals surface area contributed by atoms with E-state index in [0.29, 0.717) is 13.0 Å². The van der Waals surface area contributed by atoms with Crippen LogP contribution in [0.5, 0.6) is 5.75 Å². The van der Waals surface area contributed by atoms with Crippen molar-refractivity contribution in [1.82, 2.24) is 16.0 Å². The minimum Gasteiger partial charge on any atom is -0.484 e. The highest BCUT2D eigenvalue weighted by atomic mass is 32.2. The molecule has 14 heteroatoms.